The summed E-state index contributed by atoms with van der Waals surface area (Å²) in [5.41, 5.74) is 0.370. The molecule has 2 amide bonds. The molecule has 38 heavy (non-hydrogen) atoms. The van der Waals surface area contributed by atoms with Gasteiger partial charge in [-0.25, -0.2) is 0 Å². The number of para-hydroxylation sites is 1. The molecule has 0 unspecified atom stereocenters. The van der Waals surface area contributed by atoms with Crippen LogP contribution in [0.25, 0.3) is 6.08 Å². The van der Waals surface area contributed by atoms with Gasteiger partial charge in [-0.2, -0.15) is 13.2 Å². The Morgan fingerprint density at radius 1 is 1.03 bits per heavy atom. The van der Waals surface area contributed by atoms with Crippen LogP contribution in [-0.2, 0) is 15.8 Å². The van der Waals surface area contributed by atoms with E-state index in [2.05, 4.69) is 37.9 Å². The Labute approximate surface area is 227 Å². The molecule has 9 heteroatoms. The molecule has 1 aliphatic rings. The number of hydrogen-bond acceptors (Lipinski definition) is 4. The topological polar surface area (TPSA) is 52.7 Å². The number of hydrogen-bond donors (Lipinski definition) is 1. The highest BCUT2D eigenvalue weighted by molar-refractivity contribution is 8.04. The molecule has 0 saturated carbocycles. The van der Waals surface area contributed by atoms with E-state index in [1.54, 1.807) is 18.2 Å². The predicted octanol–water partition coefficient (Wildman–Crippen LogP) is 6.31. The first-order chi connectivity index (χ1) is 17.9. The lowest BCUT2D eigenvalue weighted by Crippen LogP contribution is -2.43. The first-order valence-corrected chi connectivity index (χ1v) is 13.7. The molecular formula is C29H36F3N3O2S. The molecular weight excluding hydrogens is 511 g/mol. The Morgan fingerprint density at radius 2 is 1.66 bits per heavy atom. The lowest BCUT2D eigenvalue weighted by Gasteiger charge is -2.30. The standard InChI is InChI=1S/C29H36F3N3O2S/c1-20(2)17-34(18-21(3)4)15-7-14-33-27(36)19-35-24-8-5-6-9-25(24)38-26(28(35)37)16-22-10-12-23(13-11-22)29(30,31)32/h5-6,8-13,16,20-21H,7,14-15,17-19H2,1-4H3,(H,33,36)/b26-16-. The van der Waals surface area contributed by atoms with Gasteiger partial charge in [0.1, 0.15) is 6.54 Å². The molecule has 2 aromatic carbocycles. The molecule has 1 heterocycles. The smallest absolute Gasteiger partial charge is 0.355 e. The Kier molecular flexibility index (Phi) is 10.4. The summed E-state index contributed by atoms with van der Waals surface area (Å²) in [5.74, 6) is 0.518. The monoisotopic (exact) mass is 547 g/mol. The highest BCUT2D eigenvalue weighted by atomic mass is 32.2. The highest BCUT2D eigenvalue weighted by Gasteiger charge is 2.31. The molecule has 1 N–H and O–H groups in total. The van der Waals surface area contributed by atoms with E-state index in [1.807, 2.05) is 12.1 Å². The van der Waals surface area contributed by atoms with Gasteiger partial charge in [-0.05, 0) is 60.7 Å². The van der Waals surface area contributed by atoms with E-state index in [0.717, 1.165) is 43.1 Å². The molecule has 1 aliphatic heterocycles. The van der Waals surface area contributed by atoms with Crippen molar-refractivity contribution in [3.05, 3.63) is 64.6 Å². The van der Waals surface area contributed by atoms with E-state index in [0.29, 0.717) is 34.5 Å². The number of alkyl halides is 3. The summed E-state index contributed by atoms with van der Waals surface area (Å²) in [6.07, 6.45) is -2.05. The number of halogens is 3. The molecule has 0 aliphatic carbocycles. The highest BCUT2D eigenvalue weighted by Crippen LogP contribution is 2.42. The number of amides is 2. The second-order valence-corrected chi connectivity index (χ2v) is 11.4. The van der Waals surface area contributed by atoms with Gasteiger partial charge in [-0.15, -0.1) is 0 Å². The average molecular weight is 548 g/mol. The lowest BCUT2D eigenvalue weighted by atomic mass is 10.1. The number of fused-ring (bicyclic) bond motifs is 1. The van der Waals surface area contributed by atoms with Crippen molar-refractivity contribution in [1.29, 1.82) is 0 Å². The average Bonchev–Trinajstić information content (AvgIpc) is 2.83. The minimum absolute atomic E-state index is 0.136. The number of nitrogens with zero attached hydrogens (tertiary/aromatic N) is 2. The molecule has 0 saturated heterocycles. The van der Waals surface area contributed by atoms with Gasteiger partial charge in [0.2, 0.25) is 5.91 Å². The predicted molar refractivity (Wildman–Crippen MR) is 148 cm³/mol. The van der Waals surface area contributed by atoms with Crippen LogP contribution in [0.4, 0.5) is 18.9 Å². The van der Waals surface area contributed by atoms with Crippen molar-refractivity contribution in [1.82, 2.24) is 10.2 Å². The van der Waals surface area contributed by atoms with E-state index in [1.165, 1.54) is 28.8 Å². The Hall–Kier alpha value is -2.78. The maximum atomic E-state index is 13.3. The second-order valence-electron chi connectivity index (χ2n) is 10.3. The molecule has 5 nitrogen and oxygen atoms in total. The zero-order chi connectivity index (χ0) is 27.9. The Morgan fingerprint density at radius 3 is 2.26 bits per heavy atom. The molecule has 3 rings (SSSR count). The van der Waals surface area contributed by atoms with Gasteiger partial charge >= 0.3 is 6.18 Å². The number of benzene rings is 2. The fraction of sp³-hybridized carbons (Fsp3) is 0.448. The summed E-state index contributed by atoms with van der Waals surface area (Å²) in [6, 6.07) is 12.0. The summed E-state index contributed by atoms with van der Waals surface area (Å²) < 4.78 is 38.7. The number of carbonyl (C=O) groups is 2. The van der Waals surface area contributed by atoms with Crippen LogP contribution < -0.4 is 10.2 Å². The van der Waals surface area contributed by atoms with Gasteiger partial charge in [-0.3, -0.25) is 14.5 Å². The minimum atomic E-state index is -4.43. The van der Waals surface area contributed by atoms with Crippen LogP contribution in [0.2, 0.25) is 0 Å². The molecule has 0 bridgehead atoms. The Balaban J connectivity index is 1.66. The van der Waals surface area contributed by atoms with Crippen molar-refractivity contribution >= 4 is 35.3 Å². The van der Waals surface area contributed by atoms with Gasteiger partial charge in [-0.1, -0.05) is 63.7 Å². The summed E-state index contributed by atoms with van der Waals surface area (Å²) in [4.78, 5) is 31.2. The molecule has 2 aromatic rings. The number of thioether (sulfide) groups is 1. The third kappa shape index (κ3) is 8.63. The zero-order valence-electron chi connectivity index (χ0n) is 22.3. The van der Waals surface area contributed by atoms with Crippen molar-refractivity contribution in [2.24, 2.45) is 11.8 Å². The minimum Gasteiger partial charge on any atom is -0.355 e. The van der Waals surface area contributed by atoms with Gasteiger partial charge in [0.25, 0.3) is 5.91 Å². The quantitative estimate of drug-likeness (QED) is 0.265. The fourth-order valence-corrected chi connectivity index (χ4v) is 5.42. The number of anilines is 1. The van der Waals surface area contributed by atoms with E-state index in [9.17, 15) is 22.8 Å². The van der Waals surface area contributed by atoms with Crippen molar-refractivity contribution in [2.75, 3.05) is 37.6 Å². The van der Waals surface area contributed by atoms with Crippen LogP contribution in [0.3, 0.4) is 0 Å². The maximum absolute atomic E-state index is 13.3. The summed E-state index contributed by atoms with van der Waals surface area (Å²) in [7, 11) is 0. The van der Waals surface area contributed by atoms with Crippen LogP contribution in [0, 0.1) is 11.8 Å². The lowest BCUT2D eigenvalue weighted by molar-refractivity contribution is -0.137. The van der Waals surface area contributed by atoms with Crippen molar-refractivity contribution < 1.29 is 22.8 Å². The van der Waals surface area contributed by atoms with Gasteiger partial charge in [0.15, 0.2) is 0 Å². The van der Waals surface area contributed by atoms with Crippen LogP contribution in [0.1, 0.15) is 45.2 Å². The van der Waals surface area contributed by atoms with Crippen molar-refractivity contribution in [2.45, 2.75) is 45.2 Å². The van der Waals surface area contributed by atoms with Gasteiger partial charge in [0, 0.05) is 24.5 Å². The second kappa shape index (κ2) is 13.3. The largest absolute Gasteiger partial charge is 0.416 e. The normalized spacial score (nSPS) is 15.1. The van der Waals surface area contributed by atoms with Crippen LogP contribution >= 0.6 is 11.8 Å². The Bertz CT molecular complexity index is 1120. The molecule has 0 fully saturated rings. The van der Waals surface area contributed by atoms with Gasteiger partial charge < -0.3 is 10.2 Å². The molecule has 0 aromatic heterocycles. The van der Waals surface area contributed by atoms with Crippen LogP contribution in [-0.4, -0.2) is 49.4 Å². The van der Waals surface area contributed by atoms with E-state index in [-0.39, 0.29) is 18.4 Å². The van der Waals surface area contributed by atoms with E-state index in [4.69, 9.17) is 0 Å². The number of nitrogens with one attached hydrogen (secondary N) is 1. The number of carbonyl (C=O) groups excluding carboxylic acids is 2. The fourth-order valence-electron chi connectivity index (χ4n) is 4.36. The third-order valence-electron chi connectivity index (χ3n) is 5.89. The van der Waals surface area contributed by atoms with E-state index >= 15 is 0 Å². The van der Waals surface area contributed by atoms with Crippen LogP contribution in [0.5, 0.6) is 0 Å². The first kappa shape index (κ1) is 29.8. The number of rotatable bonds is 11. The maximum Gasteiger partial charge on any atom is 0.416 e. The third-order valence-corrected chi connectivity index (χ3v) is 6.97. The summed E-state index contributed by atoms with van der Waals surface area (Å²) >= 11 is 1.25. The zero-order valence-corrected chi connectivity index (χ0v) is 23.2. The van der Waals surface area contributed by atoms with E-state index < -0.39 is 11.7 Å². The molecule has 0 spiro atoms. The molecule has 0 atom stereocenters. The van der Waals surface area contributed by atoms with Crippen molar-refractivity contribution in [3.63, 3.8) is 0 Å². The van der Waals surface area contributed by atoms with Crippen molar-refractivity contribution in [3.8, 4) is 0 Å². The molecule has 0 radical (unpaired) electrons. The summed E-state index contributed by atoms with van der Waals surface area (Å²) in [5, 5.41) is 2.94. The first-order valence-electron chi connectivity index (χ1n) is 12.9. The van der Waals surface area contributed by atoms with Crippen LogP contribution in [0.15, 0.2) is 58.3 Å². The van der Waals surface area contributed by atoms with Gasteiger partial charge in [0.05, 0.1) is 16.2 Å². The molecule has 206 valence electrons. The summed E-state index contributed by atoms with van der Waals surface area (Å²) in [6.45, 7) is 12.1. The SMILES string of the molecule is CC(C)CN(CCCNC(=O)CN1C(=O)/C(=C/c2ccc(C(F)(F)F)cc2)Sc2ccccc21)CC(C)C.